The summed E-state index contributed by atoms with van der Waals surface area (Å²) in [7, 11) is 0. The molecule has 2 rings (SSSR count). The van der Waals surface area contributed by atoms with Crippen LogP contribution in [0.2, 0.25) is 10.2 Å². The fourth-order valence-corrected chi connectivity index (χ4v) is 1.79. The second-order valence-electron chi connectivity index (χ2n) is 3.24. The van der Waals surface area contributed by atoms with Crippen molar-refractivity contribution in [1.82, 2.24) is 4.98 Å². The normalized spacial score (nSPS) is 10.1. The van der Waals surface area contributed by atoms with Crippen molar-refractivity contribution in [2.45, 2.75) is 0 Å². The topological polar surface area (TPSA) is 30.0 Å². The van der Waals surface area contributed by atoms with Crippen LogP contribution in [0.5, 0.6) is 0 Å². The summed E-state index contributed by atoms with van der Waals surface area (Å²) in [4.78, 5) is 14.8. The van der Waals surface area contributed by atoms with E-state index >= 15 is 0 Å². The summed E-state index contributed by atoms with van der Waals surface area (Å²) >= 11 is 11.7. The fraction of sp³-hybridized carbons (Fsp3) is 0. The van der Waals surface area contributed by atoms with Crippen molar-refractivity contribution in [3.05, 3.63) is 52.1 Å². The Morgan fingerprint density at radius 2 is 1.94 bits per heavy atom. The van der Waals surface area contributed by atoms with Crippen molar-refractivity contribution in [2.75, 3.05) is 0 Å². The van der Waals surface area contributed by atoms with Crippen LogP contribution in [-0.2, 0) is 0 Å². The number of hydrogen-bond acceptors (Lipinski definition) is 2. The number of aldehydes is 1. The Morgan fingerprint density at radius 1 is 1.12 bits per heavy atom. The second-order valence-corrected chi connectivity index (χ2v) is 4.06. The van der Waals surface area contributed by atoms with Gasteiger partial charge in [0.15, 0.2) is 0 Å². The summed E-state index contributed by atoms with van der Waals surface area (Å²) in [5.74, 6) is 0. The largest absolute Gasteiger partial charge is 0.298 e. The van der Waals surface area contributed by atoms with Crippen molar-refractivity contribution in [3.8, 4) is 11.3 Å². The van der Waals surface area contributed by atoms with Gasteiger partial charge >= 0.3 is 0 Å². The molecule has 1 aromatic heterocycles. The van der Waals surface area contributed by atoms with E-state index < -0.39 is 0 Å². The molecule has 0 aliphatic carbocycles. The fourth-order valence-electron chi connectivity index (χ4n) is 1.38. The van der Waals surface area contributed by atoms with Crippen LogP contribution in [0.1, 0.15) is 10.4 Å². The molecule has 16 heavy (non-hydrogen) atoms. The quantitative estimate of drug-likeness (QED) is 0.599. The summed E-state index contributed by atoms with van der Waals surface area (Å²) in [5.41, 5.74) is 1.96. The highest BCUT2D eigenvalue weighted by atomic mass is 35.5. The lowest BCUT2D eigenvalue weighted by atomic mass is 10.1. The zero-order chi connectivity index (χ0) is 11.5. The molecule has 0 saturated heterocycles. The van der Waals surface area contributed by atoms with Gasteiger partial charge in [-0.15, -0.1) is 0 Å². The van der Waals surface area contributed by atoms with E-state index in [9.17, 15) is 4.79 Å². The lowest BCUT2D eigenvalue weighted by Crippen LogP contribution is -1.88. The molecule has 1 heterocycles. The van der Waals surface area contributed by atoms with Gasteiger partial charge in [-0.25, -0.2) is 4.98 Å². The molecule has 0 bridgehead atoms. The van der Waals surface area contributed by atoms with Crippen molar-refractivity contribution >= 4 is 29.5 Å². The first kappa shape index (κ1) is 11.1. The molecular formula is C12H7Cl2NO. The van der Waals surface area contributed by atoms with Crippen LogP contribution in [0.15, 0.2) is 36.4 Å². The van der Waals surface area contributed by atoms with Gasteiger partial charge in [0.1, 0.15) is 11.4 Å². The highest BCUT2D eigenvalue weighted by Gasteiger charge is 2.04. The third-order valence-corrected chi connectivity index (χ3v) is 2.50. The van der Waals surface area contributed by atoms with Crippen LogP contribution in [0.25, 0.3) is 11.3 Å². The standard InChI is InChI=1S/C12H7Cl2NO/c13-10-3-1-2-9(6-10)11-4-8(7-16)5-12(14)15-11/h1-7H. The minimum absolute atomic E-state index is 0.291. The van der Waals surface area contributed by atoms with Crippen LogP contribution in [0.4, 0.5) is 0 Å². The van der Waals surface area contributed by atoms with E-state index in [0.29, 0.717) is 21.4 Å². The molecule has 2 aromatic rings. The molecule has 0 spiro atoms. The number of carbonyl (C=O) groups is 1. The molecular weight excluding hydrogens is 245 g/mol. The molecule has 1 aromatic carbocycles. The molecule has 0 radical (unpaired) electrons. The van der Waals surface area contributed by atoms with Crippen LogP contribution >= 0.6 is 23.2 Å². The van der Waals surface area contributed by atoms with Crippen LogP contribution in [-0.4, -0.2) is 11.3 Å². The van der Waals surface area contributed by atoms with Crippen LogP contribution in [0.3, 0.4) is 0 Å². The van der Waals surface area contributed by atoms with Crippen LogP contribution < -0.4 is 0 Å². The van der Waals surface area contributed by atoms with E-state index in [1.807, 2.05) is 12.1 Å². The Hall–Kier alpha value is -1.38. The predicted octanol–water partition coefficient (Wildman–Crippen LogP) is 3.87. The van der Waals surface area contributed by atoms with E-state index in [1.54, 1.807) is 18.2 Å². The molecule has 80 valence electrons. The zero-order valence-corrected chi connectivity index (χ0v) is 9.66. The molecule has 2 nitrogen and oxygen atoms in total. The van der Waals surface area contributed by atoms with Crippen molar-refractivity contribution in [1.29, 1.82) is 0 Å². The van der Waals surface area contributed by atoms with Crippen LogP contribution in [0, 0.1) is 0 Å². The third kappa shape index (κ3) is 2.40. The Labute approximate surface area is 103 Å². The van der Waals surface area contributed by atoms with Gasteiger partial charge in [-0.3, -0.25) is 4.79 Å². The Bertz CT molecular complexity index is 540. The van der Waals surface area contributed by atoms with Gasteiger partial charge < -0.3 is 0 Å². The first-order valence-electron chi connectivity index (χ1n) is 4.58. The SMILES string of the molecule is O=Cc1cc(Cl)nc(-c2cccc(Cl)c2)c1. The lowest BCUT2D eigenvalue weighted by Gasteiger charge is -2.03. The summed E-state index contributed by atoms with van der Waals surface area (Å²) in [6.45, 7) is 0. The monoisotopic (exact) mass is 251 g/mol. The Balaban J connectivity index is 2.55. The number of aromatic nitrogens is 1. The van der Waals surface area contributed by atoms with Gasteiger partial charge in [0.05, 0.1) is 5.69 Å². The van der Waals surface area contributed by atoms with Gasteiger partial charge in [-0.05, 0) is 24.3 Å². The minimum atomic E-state index is 0.291. The Kier molecular flexibility index (Phi) is 3.22. The minimum Gasteiger partial charge on any atom is -0.298 e. The summed E-state index contributed by atoms with van der Waals surface area (Å²) in [5, 5.41) is 0.909. The molecule has 0 N–H and O–H groups in total. The van der Waals surface area contributed by atoms with E-state index in [0.717, 1.165) is 11.8 Å². The van der Waals surface area contributed by atoms with Crippen molar-refractivity contribution in [2.24, 2.45) is 0 Å². The number of halogens is 2. The van der Waals surface area contributed by atoms with Gasteiger partial charge in [-0.1, -0.05) is 35.3 Å². The molecule has 0 saturated carbocycles. The number of nitrogens with zero attached hydrogens (tertiary/aromatic N) is 1. The summed E-state index contributed by atoms with van der Waals surface area (Å²) in [6.07, 6.45) is 0.738. The number of pyridine rings is 1. The van der Waals surface area contributed by atoms with Gasteiger partial charge in [0.2, 0.25) is 0 Å². The molecule has 0 aliphatic rings. The van der Waals surface area contributed by atoms with Crippen molar-refractivity contribution in [3.63, 3.8) is 0 Å². The molecule has 0 amide bonds. The third-order valence-electron chi connectivity index (χ3n) is 2.07. The van der Waals surface area contributed by atoms with E-state index in [2.05, 4.69) is 4.98 Å². The zero-order valence-electron chi connectivity index (χ0n) is 8.15. The highest BCUT2D eigenvalue weighted by molar-refractivity contribution is 6.31. The average Bonchev–Trinajstić information content (AvgIpc) is 2.28. The molecule has 0 fully saturated rings. The van der Waals surface area contributed by atoms with E-state index in [4.69, 9.17) is 23.2 Å². The Morgan fingerprint density at radius 3 is 2.62 bits per heavy atom. The maximum absolute atomic E-state index is 10.7. The second kappa shape index (κ2) is 4.64. The van der Waals surface area contributed by atoms with Gasteiger partial charge in [0, 0.05) is 16.1 Å². The number of benzene rings is 1. The summed E-state index contributed by atoms with van der Waals surface area (Å²) in [6, 6.07) is 10.4. The molecule has 0 atom stereocenters. The highest BCUT2D eigenvalue weighted by Crippen LogP contribution is 2.23. The predicted molar refractivity (Wildman–Crippen MR) is 65.1 cm³/mol. The van der Waals surface area contributed by atoms with Gasteiger partial charge in [-0.2, -0.15) is 0 Å². The van der Waals surface area contributed by atoms with E-state index in [1.165, 1.54) is 6.07 Å². The number of rotatable bonds is 2. The maximum atomic E-state index is 10.7. The molecule has 0 aliphatic heterocycles. The molecule has 0 unspecified atom stereocenters. The molecule has 4 heteroatoms. The number of carbonyl (C=O) groups excluding carboxylic acids is 1. The van der Waals surface area contributed by atoms with Crippen molar-refractivity contribution < 1.29 is 4.79 Å². The average molecular weight is 252 g/mol. The first-order chi connectivity index (χ1) is 7.69. The number of hydrogen-bond donors (Lipinski definition) is 0. The smallest absolute Gasteiger partial charge is 0.150 e. The van der Waals surface area contributed by atoms with Gasteiger partial charge in [0.25, 0.3) is 0 Å². The summed E-state index contributed by atoms with van der Waals surface area (Å²) < 4.78 is 0. The van der Waals surface area contributed by atoms with E-state index in [-0.39, 0.29) is 0 Å². The maximum Gasteiger partial charge on any atom is 0.150 e. The first-order valence-corrected chi connectivity index (χ1v) is 5.33. The lowest BCUT2D eigenvalue weighted by molar-refractivity contribution is 0.112.